The Balaban J connectivity index is 1.73. The van der Waals surface area contributed by atoms with Crippen molar-refractivity contribution in [3.63, 3.8) is 0 Å². The van der Waals surface area contributed by atoms with Gasteiger partial charge in [0.05, 0.1) is 0 Å². The van der Waals surface area contributed by atoms with Crippen LogP contribution in [0.4, 0.5) is 11.8 Å². The van der Waals surface area contributed by atoms with Gasteiger partial charge in [-0.3, -0.25) is 4.79 Å². The van der Waals surface area contributed by atoms with Gasteiger partial charge in [0, 0.05) is 44.6 Å². The van der Waals surface area contributed by atoms with E-state index in [9.17, 15) is 4.79 Å². The molecule has 22 heavy (non-hydrogen) atoms. The van der Waals surface area contributed by atoms with E-state index >= 15 is 0 Å². The maximum absolute atomic E-state index is 11.5. The third kappa shape index (κ3) is 3.24. The van der Waals surface area contributed by atoms with Crippen molar-refractivity contribution in [2.24, 2.45) is 7.05 Å². The molecule has 0 spiro atoms. The number of nitrogens with one attached hydrogen (secondary N) is 1. The predicted octanol–water partition coefficient (Wildman–Crippen LogP) is 1.04. The summed E-state index contributed by atoms with van der Waals surface area (Å²) >= 11 is 0. The van der Waals surface area contributed by atoms with Gasteiger partial charge in [-0.05, 0) is 31.4 Å². The molecule has 1 unspecified atom stereocenters. The van der Waals surface area contributed by atoms with Gasteiger partial charge in [0.1, 0.15) is 5.82 Å². The Bertz CT molecular complexity index is 671. The smallest absolute Gasteiger partial charge is 0.266 e. The molecule has 2 aromatic heterocycles. The van der Waals surface area contributed by atoms with E-state index in [0.717, 1.165) is 31.7 Å². The summed E-state index contributed by atoms with van der Waals surface area (Å²) in [5.41, 5.74) is -0.0897. The Hall–Kier alpha value is -2.44. The highest BCUT2D eigenvalue weighted by Gasteiger charge is 2.24. The topological polar surface area (TPSA) is 75.9 Å². The van der Waals surface area contributed by atoms with Crippen molar-refractivity contribution < 1.29 is 0 Å². The van der Waals surface area contributed by atoms with Gasteiger partial charge in [-0.25, -0.2) is 14.6 Å². The number of aryl methyl sites for hydroxylation is 1. The van der Waals surface area contributed by atoms with E-state index in [1.54, 1.807) is 37.6 Å². The molecule has 7 heteroatoms. The fourth-order valence-electron chi connectivity index (χ4n) is 2.76. The Morgan fingerprint density at radius 1 is 1.27 bits per heavy atom. The molecule has 0 bridgehead atoms. The molecule has 0 aromatic carbocycles. The lowest BCUT2D eigenvalue weighted by molar-refractivity contribution is 0.464. The summed E-state index contributed by atoms with van der Waals surface area (Å²) in [5.74, 6) is 1.49. The van der Waals surface area contributed by atoms with E-state index in [1.165, 1.54) is 11.1 Å². The SMILES string of the molecule is Cn1nc(N2CCCCC2CNc2ncccn2)ccc1=O. The normalized spacial score (nSPS) is 18.2. The fourth-order valence-corrected chi connectivity index (χ4v) is 2.76. The molecule has 7 nitrogen and oxygen atoms in total. The van der Waals surface area contributed by atoms with Crippen molar-refractivity contribution in [3.8, 4) is 0 Å². The molecule has 1 aliphatic rings. The number of rotatable bonds is 4. The summed E-state index contributed by atoms with van der Waals surface area (Å²) in [6, 6.07) is 5.50. The average Bonchev–Trinajstić information content (AvgIpc) is 2.57. The number of aromatic nitrogens is 4. The highest BCUT2D eigenvalue weighted by Crippen LogP contribution is 2.22. The molecule has 2 aromatic rings. The lowest BCUT2D eigenvalue weighted by Gasteiger charge is -2.36. The van der Waals surface area contributed by atoms with Gasteiger partial charge in [0.2, 0.25) is 5.95 Å². The average molecular weight is 300 g/mol. The Morgan fingerprint density at radius 2 is 2.09 bits per heavy atom. The molecule has 0 aliphatic carbocycles. The van der Waals surface area contributed by atoms with Crippen LogP contribution in [0.5, 0.6) is 0 Å². The van der Waals surface area contributed by atoms with Gasteiger partial charge in [-0.1, -0.05) is 0 Å². The van der Waals surface area contributed by atoms with Crippen molar-refractivity contribution >= 4 is 11.8 Å². The van der Waals surface area contributed by atoms with Crippen molar-refractivity contribution in [3.05, 3.63) is 40.9 Å². The number of hydrogen-bond acceptors (Lipinski definition) is 6. The number of nitrogens with zero attached hydrogens (tertiary/aromatic N) is 5. The van der Waals surface area contributed by atoms with E-state index < -0.39 is 0 Å². The Morgan fingerprint density at radius 3 is 2.86 bits per heavy atom. The van der Waals surface area contributed by atoms with Crippen LogP contribution in [-0.2, 0) is 7.05 Å². The first kappa shape index (κ1) is 14.5. The first-order valence-electron chi connectivity index (χ1n) is 7.56. The van der Waals surface area contributed by atoms with Crippen molar-refractivity contribution in [2.75, 3.05) is 23.3 Å². The third-order valence-electron chi connectivity index (χ3n) is 3.93. The molecule has 1 saturated heterocycles. The molecule has 3 heterocycles. The van der Waals surface area contributed by atoms with E-state index in [-0.39, 0.29) is 5.56 Å². The van der Waals surface area contributed by atoms with Gasteiger partial charge in [0.15, 0.2) is 0 Å². The van der Waals surface area contributed by atoms with Crippen molar-refractivity contribution in [1.29, 1.82) is 0 Å². The zero-order chi connectivity index (χ0) is 15.4. The van der Waals surface area contributed by atoms with E-state index in [1.807, 2.05) is 0 Å². The summed E-state index contributed by atoms with van der Waals surface area (Å²) in [7, 11) is 1.68. The highest BCUT2D eigenvalue weighted by atomic mass is 16.1. The van der Waals surface area contributed by atoms with Crippen LogP contribution in [0.1, 0.15) is 19.3 Å². The molecule has 116 valence electrons. The minimum Gasteiger partial charge on any atom is -0.352 e. The number of hydrogen-bond donors (Lipinski definition) is 1. The zero-order valence-corrected chi connectivity index (χ0v) is 12.6. The molecule has 1 atom stereocenters. The van der Waals surface area contributed by atoms with Crippen molar-refractivity contribution in [2.45, 2.75) is 25.3 Å². The quantitative estimate of drug-likeness (QED) is 0.909. The molecule has 1 N–H and O–H groups in total. The van der Waals surface area contributed by atoms with Gasteiger partial charge in [-0.2, -0.15) is 5.10 Å². The molecule has 0 amide bonds. The van der Waals surface area contributed by atoms with Gasteiger partial charge in [-0.15, -0.1) is 0 Å². The Labute approximate surface area is 129 Å². The Kier molecular flexibility index (Phi) is 4.32. The summed E-state index contributed by atoms with van der Waals surface area (Å²) in [6.07, 6.45) is 6.88. The second-order valence-corrected chi connectivity index (χ2v) is 5.45. The van der Waals surface area contributed by atoms with Crippen LogP contribution in [0.15, 0.2) is 35.4 Å². The molecule has 0 saturated carbocycles. The largest absolute Gasteiger partial charge is 0.352 e. The van der Waals surface area contributed by atoms with Gasteiger partial charge in [0.25, 0.3) is 5.56 Å². The van der Waals surface area contributed by atoms with Crippen molar-refractivity contribution in [1.82, 2.24) is 19.7 Å². The van der Waals surface area contributed by atoms with E-state index in [2.05, 4.69) is 25.3 Å². The fraction of sp³-hybridized carbons (Fsp3) is 0.467. The summed E-state index contributed by atoms with van der Waals surface area (Å²) < 4.78 is 1.38. The van der Waals surface area contributed by atoms with Crippen LogP contribution in [-0.4, -0.2) is 38.9 Å². The summed E-state index contributed by atoms with van der Waals surface area (Å²) in [5, 5.41) is 7.65. The van der Waals surface area contributed by atoms with E-state index in [0.29, 0.717) is 12.0 Å². The minimum atomic E-state index is -0.0897. The van der Waals surface area contributed by atoms with Crippen LogP contribution < -0.4 is 15.8 Å². The second-order valence-electron chi connectivity index (χ2n) is 5.45. The summed E-state index contributed by atoms with van der Waals surface area (Å²) in [6.45, 7) is 1.71. The van der Waals surface area contributed by atoms with Crippen LogP contribution in [0.2, 0.25) is 0 Å². The first-order chi connectivity index (χ1) is 10.7. The van der Waals surface area contributed by atoms with Crippen LogP contribution >= 0.6 is 0 Å². The third-order valence-corrected chi connectivity index (χ3v) is 3.93. The molecule has 1 fully saturated rings. The second kappa shape index (κ2) is 6.55. The number of piperidine rings is 1. The molecule has 0 radical (unpaired) electrons. The molecular weight excluding hydrogens is 280 g/mol. The maximum Gasteiger partial charge on any atom is 0.266 e. The molecule has 3 rings (SSSR count). The lowest BCUT2D eigenvalue weighted by Crippen LogP contribution is -2.45. The van der Waals surface area contributed by atoms with E-state index in [4.69, 9.17) is 0 Å². The first-order valence-corrected chi connectivity index (χ1v) is 7.56. The monoisotopic (exact) mass is 300 g/mol. The molecule has 1 aliphatic heterocycles. The predicted molar refractivity (Wildman–Crippen MR) is 85.0 cm³/mol. The van der Waals surface area contributed by atoms with Crippen LogP contribution in [0.3, 0.4) is 0 Å². The van der Waals surface area contributed by atoms with Crippen LogP contribution in [0.25, 0.3) is 0 Å². The highest BCUT2D eigenvalue weighted by molar-refractivity contribution is 5.39. The summed E-state index contributed by atoms with van der Waals surface area (Å²) in [4.78, 5) is 22.1. The minimum absolute atomic E-state index is 0.0897. The molecular formula is C15H20N6O. The van der Waals surface area contributed by atoms with Gasteiger partial charge < -0.3 is 10.2 Å². The van der Waals surface area contributed by atoms with Gasteiger partial charge >= 0.3 is 0 Å². The maximum atomic E-state index is 11.5. The zero-order valence-electron chi connectivity index (χ0n) is 12.6. The standard InChI is InChI=1S/C15H20N6O/c1-20-14(22)7-6-13(19-20)21-10-3-2-5-12(21)11-18-15-16-8-4-9-17-15/h4,6-9,12H,2-3,5,10-11H2,1H3,(H,16,17,18). The number of anilines is 2. The lowest BCUT2D eigenvalue weighted by atomic mass is 10.0. The van der Waals surface area contributed by atoms with Crippen LogP contribution in [0, 0.1) is 0 Å².